The molecule has 0 unspecified atom stereocenters. The van der Waals surface area contributed by atoms with Gasteiger partial charge in [-0.3, -0.25) is 0 Å². The van der Waals surface area contributed by atoms with Crippen molar-refractivity contribution in [1.82, 2.24) is 5.32 Å². The first-order valence-corrected chi connectivity index (χ1v) is 19.5. The van der Waals surface area contributed by atoms with Crippen molar-refractivity contribution in [3.05, 3.63) is 76.2 Å². The molecule has 1 amide bonds. The van der Waals surface area contributed by atoms with Gasteiger partial charge in [-0.05, 0) is 63.3 Å². The van der Waals surface area contributed by atoms with E-state index in [0.29, 0.717) is 6.61 Å². The number of rotatable bonds is 19. The predicted molar refractivity (Wildman–Crippen MR) is 184 cm³/mol. The van der Waals surface area contributed by atoms with Gasteiger partial charge in [0.2, 0.25) is 0 Å². The average Bonchev–Trinajstić information content (AvgIpc) is 3.02. The molecule has 51 heavy (non-hydrogen) atoms. The molecule has 1 aromatic heterocycles. The lowest BCUT2D eigenvalue weighted by molar-refractivity contribution is -0.697. The third-order valence-electron chi connectivity index (χ3n) is 7.64. The number of nitrogens with one attached hydrogen (secondary N) is 1. The highest BCUT2D eigenvalue weighted by atomic mass is 32.3. The third kappa shape index (κ3) is 17.3. The van der Waals surface area contributed by atoms with Crippen molar-refractivity contribution in [2.45, 2.75) is 121 Å². The van der Waals surface area contributed by atoms with Gasteiger partial charge in [0.25, 0.3) is 0 Å². The van der Waals surface area contributed by atoms with Crippen LogP contribution < -0.4 is 9.88 Å². The molecule has 0 bridgehead atoms. The van der Waals surface area contributed by atoms with Gasteiger partial charge >= 0.3 is 17.1 Å². The van der Waals surface area contributed by atoms with E-state index in [2.05, 4.69) is 54.0 Å². The summed E-state index contributed by atoms with van der Waals surface area (Å²) in [6.45, 7) is 13.8. The minimum Gasteiger partial charge on any atom is -0.450 e. The highest BCUT2D eigenvalue weighted by Crippen LogP contribution is 2.36. The number of aromatic nitrogens is 1. The third-order valence-corrected chi connectivity index (χ3v) is 10.4. The van der Waals surface area contributed by atoms with Crippen LogP contribution in [0.2, 0.25) is 0 Å². The molecule has 9 nitrogen and oxygen atoms in total. The highest BCUT2D eigenvalue weighted by Gasteiger charge is 2.47. The summed E-state index contributed by atoms with van der Waals surface area (Å²) in [5.41, 5.74) is -8.35. The zero-order valence-electron chi connectivity index (χ0n) is 29.4. The van der Waals surface area contributed by atoms with Gasteiger partial charge in [0.1, 0.15) is 6.54 Å². The summed E-state index contributed by atoms with van der Waals surface area (Å²) in [5.74, 6) is 0. The van der Waals surface area contributed by atoms with Crippen LogP contribution >= 0.6 is 0 Å². The van der Waals surface area contributed by atoms with Gasteiger partial charge < -0.3 is 14.2 Å². The SMILES string of the molecule is C=C(C)c1cccc(C(C)(C)NC(=O)OCCCCCCCCCCCC[n+]2cccc(CC)c2)c1.O=S(=O)([N-]S(=O)(=O)C(F)(F)F)C(F)(F)F. The Morgan fingerprint density at radius 3 is 1.82 bits per heavy atom. The Morgan fingerprint density at radius 2 is 1.33 bits per heavy atom. The number of amides is 1. The van der Waals surface area contributed by atoms with Gasteiger partial charge in [0.15, 0.2) is 32.4 Å². The van der Waals surface area contributed by atoms with Crippen molar-refractivity contribution in [3.8, 4) is 0 Å². The molecule has 0 aliphatic heterocycles. The number of carbonyl (C=O) groups is 1. The second-order valence-electron chi connectivity index (χ2n) is 12.5. The molecule has 290 valence electrons. The molecule has 0 saturated heterocycles. The number of unbranched alkanes of at least 4 members (excludes halogenated alkanes) is 9. The number of pyridine rings is 1. The highest BCUT2D eigenvalue weighted by molar-refractivity contribution is 8.13. The fourth-order valence-electron chi connectivity index (χ4n) is 4.65. The number of nitrogens with zero attached hydrogens (tertiary/aromatic N) is 2. The zero-order valence-corrected chi connectivity index (χ0v) is 31.1. The first-order valence-electron chi connectivity index (χ1n) is 16.6. The van der Waals surface area contributed by atoms with Crippen LogP contribution in [-0.2, 0) is 43.3 Å². The smallest absolute Gasteiger partial charge is 0.450 e. The number of halogens is 6. The Bertz CT molecular complexity index is 1570. The molecule has 1 aromatic carbocycles. The van der Waals surface area contributed by atoms with Crippen molar-refractivity contribution in [2.75, 3.05) is 6.61 Å². The summed E-state index contributed by atoms with van der Waals surface area (Å²) >= 11 is 0. The summed E-state index contributed by atoms with van der Waals surface area (Å²) in [6.07, 6.45) is 17.7. The molecular weight excluding hydrogens is 725 g/mol. The summed E-state index contributed by atoms with van der Waals surface area (Å²) in [7, 11) is -13.4. The van der Waals surface area contributed by atoms with Crippen molar-refractivity contribution in [1.29, 1.82) is 0 Å². The molecule has 1 heterocycles. The van der Waals surface area contributed by atoms with Crippen LogP contribution in [0.15, 0.2) is 55.4 Å². The second-order valence-corrected chi connectivity index (χ2v) is 15.9. The molecule has 0 saturated carbocycles. The first-order chi connectivity index (χ1) is 23.5. The minimum atomic E-state index is -6.72. The number of hydrogen-bond acceptors (Lipinski definition) is 6. The van der Waals surface area contributed by atoms with E-state index in [0.717, 1.165) is 46.6 Å². The fraction of sp³-hybridized carbons (Fsp3) is 0.588. The van der Waals surface area contributed by atoms with Crippen LogP contribution in [0.5, 0.6) is 0 Å². The molecule has 1 N–H and O–H groups in total. The van der Waals surface area contributed by atoms with Gasteiger partial charge in [-0.1, -0.05) is 82.2 Å². The average molecular weight is 774 g/mol. The number of carbonyl (C=O) groups excluding carboxylic acids is 1. The van der Waals surface area contributed by atoms with Gasteiger partial charge in [0.05, 0.1) is 12.1 Å². The normalized spacial score (nSPS) is 12.5. The van der Waals surface area contributed by atoms with Crippen molar-refractivity contribution >= 4 is 31.7 Å². The minimum absolute atomic E-state index is 0.350. The number of alkyl halides is 6. The monoisotopic (exact) mass is 773 g/mol. The van der Waals surface area contributed by atoms with E-state index in [9.17, 15) is 48.0 Å². The molecule has 0 radical (unpaired) electrons. The lowest BCUT2D eigenvalue weighted by atomic mass is 9.92. The maximum atomic E-state index is 12.3. The standard InChI is InChI=1S/C32H48N2O2.C2F6NO4S2/c1-6-28-19-18-23-34(26-28)22-15-13-11-9-7-8-10-12-14-16-24-36-31(35)33-32(4,5)30-21-17-20-29(25-30)27(2)3;3-1(4,5)14(10,11)9-15(12,13)2(6,7)8/h17-21,23,25-26H,2,6-16,22,24H2,1,3-5H3;/q;-1/p+1. The lowest BCUT2D eigenvalue weighted by Crippen LogP contribution is -2.41. The Hall–Kier alpha value is -3.18. The van der Waals surface area contributed by atoms with Gasteiger partial charge in [-0.25, -0.2) is 26.2 Å². The summed E-state index contributed by atoms with van der Waals surface area (Å²) < 4.78 is 117. The number of allylic oxidation sites excluding steroid dienone is 1. The number of sulfonamides is 2. The zero-order chi connectivity index (χ0) is 38.9. The van der Waals surface area contributed by atoms with Gasteiger partial charge in [-0.2, -0.15) is 26.3 Å². The van der Waals surface area contributed by atoms with Crippen molar-refractivity contribution in [2.24, 2.45) is 0 Å². The Morgan fingerprint density at radius 1 is 0.824 bits per heavy atom. The molecule has 0 aliphatic carbocycles. The van der Waals surface area contributed by atoms with E-state index in [1.165, 1.54) is 56.9 Å². The molecule has 2 rings (SSSR count). The van der Waals surface area contributed by atoms with Crippen molar-refractivity contribution in [3.63, 3.8) is 0 Å². The van der Waals surface area contributed by atoms with E-state index in [4.69, 9.17) is 4.74 Å². The topological polar surface area (TPSA) is 125 Å². The van der Waals surface area contributed by atoms with Gasteiger partial charge in [-0.15, -0.1) is 0 Å². The first kappa shape index (κ1) is 45.8. The molecule has 0 atom stereocenters. The summed E-state index contributed by atoms with van der Waals surface area (Å²) in [4.78, 5) is 12.3. The Labute approximate surface area is 298 Å². The van der Waals surface area contributed by atoms with E-state index in [-0.39, 0.29) is 6.09 Å². The largest absolute Gasteiger partial charge is 0.480 e. The molecule has 0 aliphatic rings. The van der Waals surface area contributed by atoms with E-state index in [1.807, 2.05) is 39.0 Å². The fourth-order valence-corrected chi connectivity index (χ4v) is 6.36. The van der Waals surface area contributed by atoms with Crippen LogP contribution in [0.4, 0.5) is 31.1 Å². The molecule has 17 heteroatoms. The van der Waals surface area contributed by atoms with E-state index in [1.54, 1.807) is 0 Å². The second kappa shape index (κ2) is 20.8. The Kier molecular flexibility index (Phi) is 18.7. The maximum Gasteiger partial charge on any atom is 0.480 e. The van der Waals surface area contributed by atoms with Crippen molar-refractivity contribution < 1.29 is 57.3 Å². The molecule has 0 spiro atoms. The van der Waals surface area contributed by atoms with E-state index < -0.39 is 36.6 Å². The summed E-state index contributed by atoms with van der Waals surface area (Å²) in [5, 5.41) is 3.00. The number of aryl methyl sites for hydroxylation is 2. The number of hydrogen-bond donors (Lipinski definition) is 1. The van der Waals surface area contributed by atoms with Crippen LogP contribution in [0.3, 0.4) is 0 Å². The van der Waals surface area contributed by atoms with Crippen LogP contribution in [0.1, 0.15) is 109 Å². The van der Waals surface area contributed by atoms with Gasteiger partial charge in [0, 0.05) is 18.1 Å². The number of alkyl carbamates (subject to hydrolysis) is 1. The van der Waals surface area contributed by atoms with Crippen LogP contribution in [0.25, 0.3) is 9.70 Å². The molecule has 0 fully saturated rings. The molecular formula is C34H49F6N3O6S2. The number of ether oxygens (including phenoxy) is 1. The Balaban J connectivity index is 0.000000728. The van der Waals surface area contributed by atoms with Crippen LogP contribution in [0, 0.1) is 0 Å². The molecule has 2 aromatic rings. The maximum absolute atomic E-state index is 12.3. The lowest BCUT2D eigenvalue weighted by Gasteiger charge is -2.27. The number of benzene rings is 1. The van der Waals surface area contributed by atoms with Crippen LogP contribution in [-0.4, -0.2) is 40.6 Å². The quantitative estimate of drug-likeness (QED) is 0.0863. The summed E-state index contributed by atoms with van der Waals surface area (Å²) in [6, 6.07) is 12.5. The predicted octanol–water partition coefficient (Wildman–Crippen LogP) is 9.19. The van der Waals surface area contributed by atoms with E-state index >= 15 is 0 Å².